The number of nitrogens with one attached hydrogen (secondary N) is 1. The first-order chi connectivity index (χ1) is 11.3. The second-order valence-corrected chi connectivity index (χ2v) is 8.13. The van der Waals surface area contributed by atoms with Crippen LogP contribution in [0.1, 0.15) is 10.4 Å². The van der Waals surface area contributed by atoms with Crippen molar-refractivity contribution < 1.29 is 13.2 Å². The average Bonchev–Trinajstić information content (AvgIpc) is 2.99. The molecule has 0 atom stereocenters. The van der Waals surface area contributed by atoms with E-state index >= 15 is 0 Å². The Kier molecular flexibility index (Phi) is 6.50. The highest BCUT2D eigenvalue weighted by Gasteiger charge is 2.08. The van der Waals surface area contributed by atoms with Crippen LogP contribution >= 0.6 is 11.3 Å². The van der Waals surface area contributed by atoms with Gasteiger partial charge >= 0.3 is 0 Å². The number of hydrogen-bond donors (Lipinski definition) is 2. The van der Waals surface area contributed by atoms with Gasteiger partial charge in [-0.25, -0.2) is 13.6 Å². The van der Waals surface area contributed by atoms with Gasteiger partial charge in [-0.05, 0) is 42.6 Å². The van der Waals surface area contributed by atoms with E-state index in [9.17, 15) is 13.2 Å². The fourth-order valence-corrected chi connectivity index (χ4v) is 3.52. The largest absolute Gasteiger partial charge is 0.355 e. The SMILES string of the molecule is CN(CC(=O)NCCc1ccc(S(N)(=O)=O)cc1)Cc1cccs1. The lowest BCUT2D eigenvalue weighted by atomic mass is 10.1. The molecule has 1 aromatic heterocycles. The van der Waals surface area contributed by atoms with Gasteiger partial charge in [-0.2, -0.15) is 0 Å². The number of amides is 1. The number of rotatable bonds is 8. The number of carbonyl (C=O) groups excluding carboxylic acids is 1. The lowest BCUT2D eigenvalue weighted by molar-refractivity contribution is -0.122. The zero-order chi connectivity index (χ0) is 17.6. The summed E-state index contributed by atoms with van der Waals surface area (Å²) < 4.78 is 22.4. The van der Waals surface area contributed by atoms with E-state index in [1.54, 1.807) is 23.5 Å². The molecule has 130 valence electrons. The van der Waals surface area contributed by atoms with Gasteiger partial charge < -0.3 is 5.32 Å². The molecular formula is C16H21N3O3S2. The third-order valence-electron chi connectivity index (χ3n) is 3.41. The Morgan fingerprint density at radius 2 is 1.96 bits per heavy atom. The third-order valence-corrected chi connectivity index (χ3v) is 5.20. The van der Waals surface area contributed by atoms with Gasteiger partial charge in [0, 0.05) is 18.0 Å². The fraction of sp³-hybridized carbons (Fsp3) is 0.312. The monoisotopic (exact) mass is 367 g/mol. The standard InChI is InChI=1S/C16H21N3O3S2/c1-19(11-14-3-2-10-23-14)12-16(20)18-9-8-13-4-6-15(7-5-13)24(17,21)22/h2-7,10H,8-9,11-12H2,1H3,(H,18,20)(H2,17,21,22). The normalized spacial score (nSPS) is 11.6. The van der Waals surface area contributed by atoms with Crippen molar-refractivity contribution in [2.45, 2.75) is 17.9 Å². The molecule has 6 nitrogen and oxygen atoms in total. The number of nitrogens with zero attached hydrogens (tertiary/aromatic N) is 1. The van der Waals surface area contributed by atoms with Crippen molar-refractivity contribution in [1.29, 1.82) is 0 Å². The molecule has 0 fully saturated rings. The number of thiophene rings is 1. The number of sulfonamides is 1. The molecule has 1 heterocycles. The maximum Gasteiger partial charge on any atom is 0.238 e. The molecule has 0 aliphatic rings. The van der Waals surface area contributed by atoms with Gasteiger partial charge in [0.2, 0.25) is 15.9 Å². The first-order valence-electron chi connectivity index (χ1n) is 7.44. The second-order valence-electron chi connectivity index (χ2n) is 5.54. The summed E-state index contributed by atoms with van der Waals surface area (Å²) in [4.78, 5) is 15.2. The molecule has 8 heteroatoms. The fourth-order valence-electron chi connectivity index (χ4n) is 2.22. The van der Waals surface area contributed by atoms with E-state index < -0.39 is 10.0 Å². The lowest BCUT2D eigenvalue weighted by Gasteiger charge is -2.15. The minimum atomic E-state index is -3.66. The van der Waals surface area contributed by atoms with E-state index in [4.69, 9.17) is 5.14 Å². The minimum absolute atomic E-state index is 0.0322. The van der Waals surface area contributed by atoms with Crippen LogP contribution in [0.4, 0.5) is 0 Å². The molecule has 0 radical (unpaired) electrons. The maximum absolute atomic E-state index is 11.9. The van der Waals surface area contributed by atoms with Gasteiger partial charge in [-0.3, -0.25) is 9.69 Å². The Bertz CT molecular complexity index is 756. The lowest BCUT2D eigenvalue weighted by Crippen LogP contribution is -2.35. The quantitative estimate of drug-likeness (QED) is 0.733. The van der Waals surface area contributed by atoms with Crippen LogP contribution in [0.25, 0.3) is 0 Å². The summed E-state index contributed by atoms with van der Waals surface area (Å²) in [6.07, 6.45) is 0.630. The summed E-state index contributed by atoms with van der Waals surface area (Å²) in [6, 6.07) is 10.4. The van der Waals surface area contributed by atoms with E-state index in [-0.39, 0.29) is 10.8 Å². The summed E-state index contributed by atoms with van der Waals surface area (Å²) in [5.41, 5.74) is 0.939. The Morgan fingerprint density at radius 3 is 2.54 bits per heavy atom. The molecule has 2 rings (SSSR count). The first-order valence-corrected chi connectivity index (χ1v) is 9.86. The molecule has 2 aromatic rings. The summed E-state index contributed by atoms with van der Waals surface area (Å²) in [5, 5.41) is 9.94. The van der Waals surface area contributed by atoms with Gasteiger partial charge in [0.1, 0.15) is 0 Å². The van der Waals surface area contributed by atoms with Gasteiger partial charge in [0.05, 0.1) is 11.4 Å². The highest BCUT2D eigenvalue weighted by molar-refractivity contribution is 7.89. The van der Waals surface area contributed by atoms with Crippen molar-refractivity contribution in [3.63, 3.8) is 0 Å². The van der Waals surface area contributed by atoms with Gasteiger partial charge in [-0.1, -0.05) is 18.2 Å². The van der Waals surface area contributed by atoms with Gasteiger partial charge in [0.15, 0.2) is 0 Å². The van der Waals surface area contributed by atoms with Crippen molar-refractivity contribution in [2.24, 2.45) is 5.14 Å². The van der Waals surface area contributed by atoms with Crippen LogP contribution in [0.3, 0.4) is 0 Å². The van der Waals surface area contributed by atoms with Crippen LogP contribution in [0, 0.1) is 0 Å². The topological polar surface area (TPSA) is 92.5 Å². The third kappa shape index (κ3) is 6.04. The highest BCUT2D eigenvalue weighted by Crippen LogP contribution is 2.10. The number of likely N-dealkylation sites (N-methyl/N-ethyl adjacent to an activating group) is 1. The Labute approximate surface area is 146 Å². The minimum Gasteiger partial charge on any atom is -0.355 e. The second kappa shape index (κ2) is 8.39. The van der Waals surface area contributed by atoms with E-state index in [0.29, 0.717) is 19.5 Å². The molecular weight excluding hydrogens is 346 g/mol. The zero-order valence-corrected chi connectivity index (χ0v) is 15.1. The number of primary sulfonamides is 1. The average molecular weight is 367 g/mol. The summed E-state index contributed by atoms with van der Waals surface area (Å²) in [7, 11) is -1.76. The Balaban J connectivity index is 1.72. The molecule has 0 aliphatic carbocycles. The molecule has 0 spiro atoms. The molecule has 0 bridgehead atoms. The molecule has 1 aromatic carbocycles. The first kappa shape index (κ1) is 18.6. The smallest absolute Gasteiger partial charge is 0.238 e. The number of carbonyl (C=O) groups is 1. The Morgan fingerprint density at radius 1 is 1.25 bits per heavy atom. The highest BCUT2D eigenvalue weighted by atomic mass is 32.2. The van der Waals surface area contributed by atoms with Crippen LogP contribution in [0.5, 0.6) is 0 Å². The van der Waals surface area contributed by atoms with Gasteiger partial charge in [-0.15, -0.1) is 11.3 Å². The maximum atomic E-state index is 11.9. The molecule has 0 aliphatic heterocycles. The van der Waals surface area contributed by atoms with Crippen LogP contribution in [-0.2, 0) is 27.8 Å². The van der Waals surface area contributed by atoms with Crippen LogP contribution in [-0.4, -0.2) is 39.4 Å². The van der Waals surface area contributed by atoms with Crippen molar-refractivity contribution >= 4 is 27.3 Å². The van der Waals surface area contributed by atoms with Gasteiger partial charge in [0.25, 0.3) is 0 Å². The molecule has 0 saturated heterocycles. The number of benzene rings is 1. The molecule has 0 saturated carbocycles. The molecule has 0 unspecified atom stereocenters. The summed E-state index contributed by atoms with van der Waals surface area (Å²) >= 11 is 1.67. The van der Waals surface area contributed by atoms with Crippen LogP contribution < -0.4 is 10.5 Å². The zero-order valence-electron chi connectivity index (χ0n) is 13.4. The van der Waals surface area contributed by atoms with Crippen LogP contribution in [0.15, 0.2) is 46.7 Å². The number of nitrogens with two attached hydrogens (primary N) is 1. The summed E-state index contributed by atoms with van der Waals surface area (Å²) in [6.45, 7) is 1.59. The summed E-state index contributed by atoms with van der Waals surface area (Å²) in [5.74, 6) is -0.0322. The van der Waals surface area contributed by atoms with E-state index in [1.807, 2.05) is 29.5 Å². The molecule has 1 amide bonds. The Hall–Kier alpha value is -1.74. The van der Waals surface area contributed by atoms with Crippen molar-refractivity contribution in [3.05, 3.63) is 52.2 Å². The van der Waals surface area contributed by atoms with Crippen molar-refractivity contribution in [3.8, 4) is 0 Å². The van der Waals surface area contributed by atoms with E-state index in [2.05, 4.69) is 5.32 Å². The molecule has 24 heavy (non-hydrogen) atoms. The van der Waals surface area contributed by atoms with E-state index in [0.717, 1.165) is 12.1 Å². The predicted molar refractivity (Wildman–Crippen MR) is 95.2 cm³/mol. The van der Waals surface area contributed by atoms with E-state index in [1.165, 1.54) is 17.0 Å². The predicted octanol–water partition coefficient (Wildman–Crippen LogP) is 1.19. The van der Waals surface area contributed by atoms with Crippen molar-refractivity contribution in [2.75, 3.05) is 20.1 Å². The van der Waals surface area contributed by atoms with Crippen LogP contribution in [0.2, 0.25) is 0 Å². The van der Waals surface area contributed by atoms with Crippen molar-refractivity contribution in [1.82, 2.24) is 10.2 Å². The molecule has 3 N–H and O–H groups in total. The number of hydrogen-bond acceptors (Lipinski definition) is 5.